The Morgan fingerprint density at radius 1 is 1.30 bits per heavy atom. The number of ether oxygens (including phenoxy) is 2. The first-order chi connectivity index (χ1) is 9.72. The molecule has 1 aromatic carbocycles. The number of methoxy groups -OCH3 is 2. The van der Waals surface area contributed by atoms with Gasteiger partial charge in [-0.05, 0) is 36.9 Å². The maximum absolute atomic E-state index is 11.4. The number of carbonyl (C=O) groups is 1. The van der Waals surface area contributed by atoms with Crippen molar-refractivity contribution in [3.8, 4) is 5.75 Å². The highest BCUT2D eigenvalue weighted by atomic mass is 16.5. The average Bonchev–Trinajstić information content (AvgIpc) is 2.46. The van der Waals surface area contributed by atoms with E-state index in [4.69, 9.17) is 15.2 Å². The highest BCUT2D eigenvalue weighted by Crippen LogP contribution is 2.30. The number of carbonyl (C=O) groups excluding carboxylic acids is 1. The zero-order valence-corrected chi connectivity index (χ0v) is 12.2. The lowest BCUT2D eigenvalue weighted by Gasteiger charge is -2.19. The number of nitrogens with one attached hydrogen (secondary N) is 1. The zero-order chi connectivity index (χ0) is 14.8. The van der Waals surface area contributed by atoms with E-state index in [-0.39, 0.29) is 18.4 Å². The second kappa shape index (κ2) is 9.34. The van der Waals surface area contributed by atoms with Crippen LogP contribution in [0.25, 0.3) is 0 Å². The van der Waals surface area contributed by atoms with Gasteiger partial charge in [0.25, 0.3) is 0 Å². The van der Waals surface area contributed by atoms with E-state index in [1.165, 1.54) is 7.11 Å². The molecule has 5 nitrogen and oxygen atoms in total. The Kier molecular flexibility index (Phi) is 7.69. The molecule has 0 heterocycles. The van der Waals surface area contributed by atoms with E-state index in [1.54, 1.807) is 7.11 Å². The molecular weight excluding hydrogens is 256 g/mol. The fourth-order valence-electron chi connectivity index (χ4n) is 2.23. The Hall–Kier alpha value is -1.59. The third kappa shape index (κ3) is 5.19. The van der Waals surface area contributed by atoms with Crippen molar-refractivity contribution < 1.29 is 14.3 Å². The molecule has 0 aliphatic heterocycles. The van der Waals surface area contributed by atoms with Crippen LogP contribution in [0.15, 0.2) is 24.3 Å². The van der Waals surface area contributed by atoms with Gasteiger partial charge >= 0.3 is 0 Å². The SMILES string of the molecule is COCC(=O)NCC[C@H](CCN)c1ccccc1OC. The number of hydrogen-bond acceptors (Lipinski definition) is 4. The molecule has 0 aliphatic rings. The number of nitrogens with two attached hydrogens (primary N) is 1. The van der Waals surface area contributed by atoms with E-state index in [2.05, 4.69) is 11.4 Å². The summed E-state index contributed by atoms with van der Waals surface area (Å²) in [6.45, 7) is 1.30. The van der Waals surface area contributed by atoms with Gasteiger partial charge in [-0.15, -0.1) is 0 Å². The van der Waals surface area contributed by atoms with Crippen LogP contribution in [-0.4, -0.2) is 39.8 Å². The summed E-state index contributed by atoms with van der Waals surface area (Å²) in [5, 5.41) is 2.83. The molecule has 0 unspecified atom stereocenters. The van der Waals surface area contributed by atoms with Gasteiger partial charge in [0.05, 0.1) is 7.11 Å². The van der Waals surface area contributed by atoms with Gasteiger partial charge in [-0.1, -0.05) is 18.2 Å². The lowest BCUT2D eigenvalue weighted by atomic mass is 9.91. The Bertz CT molecular complexity index is 410. The Morgan fingerprint density at radius 2 is 2.05 bits per heavy atom. The van der Waals surface area contributed by atoms with Crippen LogP contribution in [-0.2, 0) is 9.53 Å². The molecule has 1 amide bonds. The molecule has 0 spiro atoms. The van der Waals surface area contributed by atoms with Crippen molar-refractivity contribution in [2.45, 2.75) is 18.8 Å². The fraction of sp³-hybridized carbons (Fsp3) is 0.533. The summed E-state index contributed by atoms with van der Waals surface area (Å²) < 4.78 is 10.2. The molecule has 1 atom stereocenters. The lowest BCUT2D eigenvalue weighted by Crippen LogP contribution is -2.29. The number of rotatable bonds is 9. The van der Waals surface area contributed by atoms with Gasteiger partial charge < -0.3 is 20.5 Å². The predicted octanol–water partition coefficient (Wildman–Crippen LogP) is 1.28. The van der Waals surface area contributed by atoms with Gasteiger partial charge in [0.2, 0.25) is 5.91 Å². The van der Waals surface area contributed by atoms with Gasteiger partial charge in [0.15, 0.2) is 0 Å². The topological polar surface area (TPSA) is 73.6 Å². The third-order valence-corrected chi connectivity index (χ3v) is 3.18. The monoisotopic (exact) mass is 280 g/mol. The molecule has 1 rings (SSSR count). The number of amides is 1. The summed E-state index contributed by atoms with van der Waals surface area (Å²) in [5.41, 5.74) is 6.83. The van der Waals surface area contributed by atoms with E-state index >= 15 is 0 Å². The first-order valence-electron chi connectivity index (χ1n) is 6.81. The van der Waals surface area contributed by atoms with Crippen LogP contribution in [0.2, 0.25) is 0 Å². The van der Waals surface area contributed by atoms with Gasteiger partial charge in [-0.3, -0.25) is 4.79 Å². The van der Waals surface area contributed by atoms with Gasteiger partial charge in [0.1, 0.15) is 12.4 Å². The van der Waals surface area contributed by atoms with Crippen molar-refractivity contribution in [2.75, 3.05) is 33.9 Å². The first-order valence-corrected chi connectivity index (χ1v) is 6.81. The Labute approximate surface area is 120 Å². The molecule has 0 aromatic heterocycles. The summed E-state index contributed by atoms with van der Waals surface area (Å²) in [7, 11) is 3.17. The number of para-hydroxylation sites is 1. The van der Waals surface area contributed by atoms with Crippen LogP contribution < -0.4 is 15.8 Å². The van der Waals surface area contributed by atoms with Crippen LogP contribution in [0.4, 0.5) is 0 Å². The second-order valence-electron chi connectivity index (χ2n) is 4.59. The predicted molar refractivity (Wildman–Crippen MR) is 78.9 cm³/mol. The van der Waals surface area contributed by atoms with Crippen molar-refractivity contribution in [1.29, 1.82) is 0 Å². The van der Waals surface area contributed by atoms with Crippen LogP contribution >= 0.6 is 0 Å². The second-order valence-corrected chi connectivity index (χ2v) is 4.59. The largest absolute Gasteiger partial charge is 0.496 e. The molecule has 0 fully saturated rings. The van der Waals surface area contributed by atoms with E-state index in [0.717, 1.165) is 24.2 Å². The van der Waals surface area contributed by atoms with Gasteiger partial charge in [-0.2, -0.15) is 0 Å². The summed E-state index contributed by atoms with van der Waals surface area (Å²) in [6.07, 6.45) is 1.69. The Morgan fingerprint density at radius 3 is 2.70 bits per heavy atom. The van der Waals surface area contributed by atoms with Crippen LogP contribution in [0.3, 0.4) is 0 Å². The first kappa shape index (κ1) is 16.5. The molecule has 1 aromatic rings. The highest BCUT2D eigenvalue weighted by molar-refractivity contribution is 5.77. The molecule has 112 valence electrons. The quantitative estimate of drug-likeness (QED) is 0.714. The van der Waals surface area contributed by atoms with E-state index < -0.39 is 0 Å². The van der Waals surface area contributed by atoms with E-state index in [1.807, 2.05) is 18.2 Å². The minimum atomic E-state index is -0.0981. The van der Waals surface area contributed by atoms with Gasteiger partial charge in [-0.25, -0.2) is 0 Å². The van der Waals surface area contributed by atoms with E-state index in [0.29, 0.717) is 13.1 Å². The van der Waals surface area contributed by atoms with Crippen molar-refractivity contribution in [3.63, 3.8) is 0 Å². The van der Waals surface area contributed by atoms with Crippen LogP contribution in [0.1, 0.15) is 24.3 Å². The molecule has 20 heavy (non-hydrogen) atoms. The molecule has 0 bridgehead atoms. The maximum atomic E-state index is 11.4. The lowest BCUT2D eigenvalue weighted by molar-refractivity contribution is -0.124. The summed E-state index contributed by atoms with van der Waals surface area (Å²) in [4.78, 5) is 11.4. The number of benzene rings is 1. The minimum Gasteiger partial charge on any atom is -0.496 e. The Balaban J connectivity index is 2.62. The average molecular weight is 280 g/mol. The van der Waals surface area contributed by atoms with Gasteiger partial charge in [0, 0.05) is 13.7 Å². The minimum absolute atomic E-state index is 0.0935. The van der Waals surface area contributed by atoms with Crippen molar-refractivity contribution in [3.05, 3.63) is 29.8 Å². The summed E-state index contributed by atoms with van der Waals surface area (Å²) in [6, 6.07) is 7.94. The number of hydrogen-bond donors (Lipinski definition) is 2. The zero-order valence-electron chi connectivity index (χ0n) is 12.2. The smallest absolute Gasteiger partial charge is 0.245 e. The fourth-order valence-corrected chi connectivity index (χ4v) is 2.23. The molecule has 5 heteroatoms. The van der Waals surface area contributed by atoms with E-state index in [9.17, 15) is 4.79 Å². The maximum Gasteiger partial charge on any atom is 0.245 e. The molecule has 0 saturated carbocycles. The normalized spacial score (nSPS) is 11.9. The van der Waals surface area contributed by atoms with Crippen molar-refractivity contribution in [2.24, 2.45) is 5.73 Å². The summed E-state index contributed by atoms with van der Waals surface area (Å²) in [5.74, 6) is 1.05. The van der Waals surface area contributed by atoms with Crippen molar-refractivity contribution >= 4 is 5.91 Å². The molecule has 0 radical (unpaired) electrons. The van der Waals surface area contributed by atoms with Crippen molar-refractivity contribution in [1.82, 2.24) is 5.32 Å². The molecule has 0 saturated heterocycles. The third-order valence-electron chi connectivity index (χ3n) is 3.18. The van der Waals surface area contributed by atoms with Crippen LogP contribution in [0, 0.1) is 0 Å². The molecule has 3 N–H and O–H groups in total. The summed E-state index contributed by atoms with van der Waals surface area (Å²) >= 11 is 0. The molecular formula is C15H24N2O3. The molecule has 0 aliphatic carbocycles. The standard InChI is InChI=1S/C15H24N2O3/c1-19-11-15(18)17-10-8-12(7-9-16)13-5-3-4-6-14(13)20-2/h3-6,12H,7-11,16H2,1-2H3,(H,17,18)/t12-/m0/s1. The highest BCUT2D eigenvalue weighted by Gasteiger charge is 2.15. The van der Waals surface area contributed by atoms with Crippen LogP contribution in [0.5, 0.6) is 5.75 Å².